The Kier molecular flexibility index (Phi) is 13.1. The second kappa shape index (κ2) is 15.2. The van der Waals surface area contributed by atoms with Gasteiger partial charge in [-0.2, -0.15) is 0 Å². The van der Waals surface area contributed by atoms with Crippen LogP contribution in [0.25, 0.3) is 0 Å². The van der Waals surface area contributed by atoms with Crippen LogP contribution in [-0.2, 0) is 18.9 Å². The van der Waals surface area contributed by atoms with E-state index in [0.29, 0.717) is 52.7 Å². The van der Waals surface area contributed by atoms with Crippen molar-refractivity contribution in [3.63, 3.8) is 0 Å². The van der Waals surface area contributed by atoms with Crippen molar-refractivity contribution in [2.45, 2.75) is 38.2 Å². The van der Waals surface area contributed by atoms with Gasteiger partial charge in [-0.1, -0.05) is 18.3 Å². The number of ether oxygens (including phenoxy) is 4. The van der Waals surface area contributed by atoms with E-state index in [0.717, 1.165) is 32.1 Å². The van der Waals surface area contributed by atoms with Gasteiger partial charge in [-0.3, -0.25) is 0 Å². The summed E-state index contributed by atoms with van der Waals surface area (Å²) in [5, 5.41) is 2.66. The zero-order valence-corrected chi connectivity index (χ0v) is 14.4. The number of nitrogens with two attached hydrogens (primary N) is 1. The highest BCUT2D eigenvalue weighted by molar-refractivity contribution is 5.67. The van der Waals surface area contributed by atoms with Crippen molar-refractivity contribution in [3.05, 3.63) is 0 Å². The molecule has 0 fully saturated rings. The molecular formula is C17H30N2O5. The second-order valence-electron chi connectivity index (χ2n) is 5.37. The minimum atomic E-state index is -0.438. The molecule has 1 aliphatic rings. The van der Waals surface area contributed by atoms with Crippen molar-refractivity contribution in [1.29, 1.82) is 0 Å². The minimum Gasteiger partial charge on any atom is -0.433 e. The van der Waals surface area contributed by atoms with Gasteiger partial charge in [0.2, 0.25) is 0 Å². The normalized spacial score (nSPS) is 17.3. The number of rotatable bonds is 12. The van der Waals surface area contributed by atoms with Crippen LogP contribution in [0, 0.1) is 11.8 Å². The molecular weight excluding hydrogens is 312 g/mol. The first kappa shape index (κ1) is 20.7. The van der Waals surface area contributed by atoms with Gasteiger partial charge in [-0.15, -0.1) is 0 Å². The van der Waals surface area contributed by atoms with E-state index in [2.05, 4.69) is 17.2 Å². The smallest absolute Gasteiger partial charge is 0.408 e. The van der Waals surface area contributed by atoms with E-state index in [1.54, 1.807) is 0 Å². The Hall–Kier alpha value is -1.33. The number of nitrogens with one attached hydrogen (secondary N) is 1. The molecule has 0 aromatic carbocycles. The molecule has 24 heavy (non-hydrogen) atoms. The molecule has 1 atom stereocenters. The Morgan fingerprint density at radius 3 is 2.46 bits per heavy atom. The largest absolute Gasteiger partial charge is 0.433 e. The molecule has 0 radical (unpaired) electrons. The van der Waals surface area contributed by atoms with Gasteiger partial charge in [0.05, 0.1) is 39.6 Å². The Bertz CT molecular complexity index is 381. The van der Waals surface area contributed by atoms with Crippen LogP contribution in [0.15, 0.2) is 0 Å². The molecule has 0 aromatic rings. The zero-order valence-electron chi connectivity index (χ0n) is 14.4. The van der Waals surface area contributed by atoms with E-state index in [9.17, 15) is 4.79 Å². The third kappa shape index (κ3) is 12.1. The third-order valence-corrected chi connectivity index (χ3v) is 3.30. The molecule has 0 spiro atoms. The van der Waals surface area contributed by atoms with E-state index in [4.69, 9.17) is 24.7 Å². The Morgan fingerprint density at radius 1 is 1.00 bits per heavy atom. The predicted molar refractivity (Wildman–Crippen MR) is 90.6 cm³/mol. The summed E-state index contributed by atoms with van der Waals surface area (Å²) in [5.74, 6) is 6.04. The molecule has 0 aromatic heterocycles. The van der Waals surface area contributed by atoms with E-state index in [1.165, 1.54) is 0 Å². The topological polar surface area (TPSA) is 92.0 Å². The van der Waals surface area contributed by atoms with Crippen LogP contribution in [0.5, 0.6) is 0 Å². The van der Waals surface area contributed by atoms with Crippen molar-refractivity contribution >= 4 is 6.09 Å². The zero-order chi connectivity index (χ0) is 17.3. The van der Waals surface area contributed by atoms with Crippen molar-refractivity contribution in [2.24, 2.45) is 5.73 Å². The van der Waals surface area contributed by atoms with E-state index >= 15 is 0 Å². The fourth-order valence-corrected chi connectivity index (χ4v) is 2.09. The lowest BCUT2D eigenvalue weighted by molar-refractivity contribution is 0.0163. The maximum Gasteiger partial charge on any atom is 0.408 e. The summed E-state index contributed by atoms with van der Waals surface area (Å²) in [7, 11) is 0. The van der Waals surface area contributed by atoms with Crippen molar-refractivity contribution in [2.75, 3.05) is 52.7 Å². The molecule has 3 N–H and O–H groups in total. The van der Waals surface area contributed by atoms with Gasteiger partial charge in [0.15, 0.2) is 6.10 Å². The van der Waals surface area contributed by atoms with E-state index in [1.807, 2.05) is 0 Å². The molecule has 1 rings (SSSR count). The Labute approximate surface area is 144 Å². The van der Waals surface area contributed by atoms with Gasteiger partial charge >= 0.3 is 6.09 Å². The lowest BCUT2D eigenvalue weighted by atomic mass is 10.1. The van der Waals surface area contributed by atoms with Gasteiger partial charge in [0.25, 0.3) is 0 Å². The highest BCUT2D eigenvalue weighted by Gasteiger charge is 2.12. The van der Waals surface area contributed by atoms with E-state index < -0.39 is 6.09 Å². The average molecular weight is 342 g/mol. The van der Waals surface area contributed by atoms with Crippen LogP contribution in [0.4, 0.5) is 4.79 Å². The molecule has 1 unspecified atom stereocenters. The molecule has 1 amide bonds. The molecule has 0 bridgehead atoms. The monoisotopic (exact) mass is 342 g/mol. The molecule has 0 aliphatic heterocycles. The van der Waals surface area contributed by atoms with Gasteiger partial charge in [-0.25, -0.2) is 4.79 Å². The Morgan fingerprint density at radius 2 is 1.71 bits per heavy atom. The molecule has 1 aliphatic carbocycles. The summed E-state index contributed by atoms with van der Waals surface area (Å²) in [6.07, 6.45) is 4.29. The SMILES string of the molecule is NCCOCCOCCOCCNC(=O)OC1C#CCCCCC1. The van der Waals surface area contributed by atoms with Crippen LogP contribution in [0.3, 0.4) is 0 Å². The highest BCUT2D eigenvalue weighted by atomic mass is 16.6. The first-order chi connectivity index (χ1) is 11.8. The van der Waals surface area contributed by atoms with Gasteiger partial charge in [-0.05, 0) is 19.3 Å². The molecule has 7 heteroatoms. The van der Waals surface area contributed by atoms with Crippen molar-refractivity contribution < 1.29 is 23.7 Å². The standard InChI is InChI=1S/C17H30N2O5/c18-8-10-21-12-14-23-15-13-22-11-9-19-17(20)24-16-6-4-2-1-3-5-7-16/h16H,1-4,6,8-15,18H2,(H,19,20). The lowest BCUT2D eigenvalue weighted by Gasteiger charge is -2.14. The number of hydrogen-bond donors (Lipinski definition) is 2. The van der Waals surface area contributed by atoms with Crippen LogP contribution in [-0.4, -0.2) is 64.9 Å². The van der Waals surface area contributed by atoms with Gasteiger partial charge in [0.1, 0.15) is 0 Å². The molecule has 0 heterocycles. The van der Waals surface area contributed by atoms with Crippen molar-refractivity contribution in [1.82, 2.24) is 5.32 Å². The predicted octanol–water partition coefficient (Wildman–Crippen LogP) is 1.06. The summed E-state index contributed by atoms with van der Waals surface area (Å²) in [6, 6.07) is 0. The number of hydrogen-bond acceptors (Lipinski definition) is 6. The molecule has 0 saturated heterocycles. The summed E-state index contributed by atoms with van der Waals surface area (Å²) in [5.41, 5.74) is 5.29. The second-order valence-corrected chi connectivity index (χ2v) is 5.37. The summed E-state index contributed by atoms with van der Waals surface area (Å²) < 4.78 is 21.1. The quantitative estimate of drug-likeness (QED) is 0.407. The van der Waals surface area contributed by atoms with E-state index in [-0.39, 0.29) is 6.10 Å². The highest BCUT2D eigenvalue weighted by Crippen LogP contribution is 2.10. The van der Waals surface area contributed by atoms with Crippen LogP contribution >= 0.6 is 0 Å². The third-order valence-electron chi connectivity index (χ3n) is 3.30. The molecule has 0 saturated carbocycles. The number of alkyl carbamates (subject to hydrolysis) is 1. The van der Waals surface area contributed by atoms with Crippen LogP contribution < -0.4 is 11.1 Å². The van der Waals surface area contributed by atoms with Gasteiger partial charge in [0, 0.05) is 19.5 Å². The average Bonchev–Trinajstić information content (AvgIpc) is 2.55. The summed E-state index contributed by atoms with van der Waals surface area (Å²) in [4.78, 5) is 11.7. The summed E-state index contributed by atoms with van der Waals surface area (Å²) >= 11 is 0. The fraction of sp³-hybridized carbons (Fsp3) is 0.824. The van der Waals surface area contributed by atoms with Crippen LogP contribution in [0.1, 0.15) is 32.1 Å². The van der Waals surface area contributed by atoms with Crippen LogP contribution in [0.2, 0.25) is 0 Å². The Balaban J connectivity index is 1.90. The number of carbonyl (C=O) groups excluding carboxylic acids is 1. The van der Waals surface area contributed by atoms with Gasteiger partial charge < -0.3 is 30.0 Å². The summed E-state index contributed by atoms with van der Waals surface area (Å²) in [6.45, 7) is 3.91. The number of carbonyl (C=O) groups is 1. The lowest BCUT2D eigenvalue weighted by Crippen LogP contribution is -2.31. The maximum atomic E-state index is 11.7. The number of amides is 1. The first-order valence-corrected chi connectivity index (χ1v) is 8.69. The minimum absolute atomic E-state index is 0.291. The molecule has 7 nitrogen and oxygen atoms in total. The first-order valence-electron chi connectivity index (χ1n) is 8.69. The maximum absolute atomic E-state index is 11.7. The molecule has 138 valence electrons. The fourth-order valence-electron chi connectivity index (χ4n) is 2.09. The van der Waals surface area contributed by atoms with Crippen molar-refractivity contribution in [3.8, 4) is 11.8 Å².